The van der Waals surface area contributed by atoms with Crippen LogP contribution in [0.2, 0.25) is 0 Å². The molecule has 2 amide bonds. The molecule has 0 aromatic rings. The number of hydrogen-bond donors (Lipinski definition) is 2. The van der Waals surface area contributed by atoms with Crippen LogP contribution in [0, 0.1) is 0 Å². The van der Waals surface area contributed by atoms with E-state index in [-0.39, 0.29) is 6.03 Å². The lowest BCUT2D eigenvalue weighted by atomic mass is 9.77. The molecule has 1 aliphatic carbocycles. The normalized spacial score (nSPS) is 23.4. The van der Waals surface area contributed by atoms with E-state index >= 15 is 0 Å². The molecule has 1 aliphatic heterocycles. The highest BCUT2D eigenvalue weighted by Crippen LogP contribution is 2.32. The van der Waals surface area contributed by atoms with Crippen LogP contribution in [0.3, 0.4) is 0 Å². The molecule has 17 heavy (non-hydrogen) atoms. The van der Waals surface area contributed by atoms with Gasteiger partial charge in [-0.3, -0.25) is 0 Å². The van der Waals surface area contributed by atoms with E-state index in [4.69, 9.17) is 9.84 Å². The quantitative estimate of drug-likeness (QED) is 0.735. The Labute approximate surface area is 99.9 Å². The maximum atomic E-state index is 12.0. The predicted molar refractivity (Wildman–Crippen MR) is 59.8 cm³/mol. The van der Waals surface area contributed by atoms with Crippen LogP contribution in [0.25, 0.3) is 0 Å². The summed E-state index contributed by atoms with van der Waals surface area (Å²) in [6, 6.07) is -0.280. The predicted octanol–water partition coefficient (Wildman–Crippen LogP) is 0.426. The number of urea groups is 1. The summed E-state index contributed by atoms with van der Waals surface area (Å²) in [7, 11) is 0. The average molecular weight is 242 g/mol. The highest BCUT2D eigenvalue weighted by molar-refractivity contribution is 5.87. The number of carboxylic acids is 1. The van der Waals surface area contributed by atoms with Gasteiger partial charge in [0, 0.05) is 19.7 Å². The van der Waals surface area contributed by atoms with Gasteiger partial charge >= 0.3 is 12.0 Å². The summed E-state index contributed by atoms with van der Waals surface area (Å²) >= 11 is 0. The van der Waals surface area contributed by atoms with E-state index in [1.54, 1.807) is 4.90 Å². The molecular weight excluding hydrogens is 224 g/mol. The Morgan fingerprint density at radius 2 is 1.94 bits per heavy atom. The fourth-order valence-electron chi connectivity index (χ4n) is 2.16. The fraction of sp³-hybridized carbons (Fsp3) is 0.818. The molecule has 2 fully saturated rings. The number of rotatable bonds is 2. The van der Waals surface area contributed by atoms with Crippen LogP contribution in [0.1, 0.15) is 25.7 Å². The van der Waals surface area contributed by atoms with Crippen molar-refractivity contribution >= 4 is 12.0 Å². The average Bonchev–Trinajstić information content (AvgIpc) is 2.50. The topological polar surface area (TPSA) is 78.9 Å². The van der Waals surface area contributed by atoms with Crippen molar-refractivity contribution in [2.24, 2.45) is 0 Å². The number of nitrogens with one attached hydrogen (secondary N) is 1. The first-order valence-electron chi connectivity index (χ1n) is 6.02. The van der Waals surface area contributed by atoms with E-state index in [1.165, 1.54) is 0 Å². The summed E-state index contributed by atoms with van der Waals surface area (Å²) in [6.07, 6.45) is 2.71. The maximum Gasteiger partial charge on any atom is 0.329 e. The van der Waals surface area contributed by atoms with Crippen LogP contribution in [-0.4, -0.2) is 53.8 Å². The third-order valence-electron chi connectivity index (χ3n) is 3.47. The standard InChI is InChI=1S/C11H18N2O4/c14-9(15)11(3-1-4-11)12-10(16)13-5-2-7-17-8-6-13/h1-8H2,(H,12,16)(H,14,15). The molecule has 0 atom stereocenters. The van der Waals surface area contributed by atoms with Gasteiger partial charge in [-0.1, -0.05) is 0 Å². The lowest BCUT2D eigenvalue weighted by Crippen LogP contribution is -2.61. The molecule has 1 heterocycles. The molecule has 0 radical (unpaired) electrons. The molecule has 0 spiro atoms. The Kier molecular flexibility index (Phi) is 3.51. The Bertz CT molecular complexity index is 307. The van der Waals surface area contributed by atoms with E-state index in [0.29, 0.717) is 39.1 Å². The smallest absolute Gasteiger partial charge is 0.329 e. The van der Waals surface area contributed by atoms with Crippen molar-refractivity contribution in [1.82, 2.24) is 10.2 Å². The number of aliphatic carboxylic acids is 1. The molecule has 1 saturated carbocycles. The van der Waals surface area contributed by atoms with Crippen molar-refractivity contribution in [3.63, 3.8) is 0 Å². The van der Waals surface area contributed by atoms with Gasteiger partial charge in [-0.15, -0.1) is 0 Å². The van der Waals surface area contributed by atoms with Crippen LogP contribution in [0.4, 0.5) is 4.79 Å². The summed E-state index contributed by atoms with van der Waals surface area (Å²) in [5, 5.41) is 11.8. The van der Waals surface area contributed by atoms with Gasteiger partial charge in [0.2, 0.25) is 0 Å². The van der Waals surface area contributed by atoms with Crippen molar-refractivity contribution in [3.05, 3.63) is 0 Å². The van der Waals surface area contributed by atoms with Gasteiger partial charge in [-0.25, -0.2) is 9.59 Å². The number of nitrogens with zero attached hydrogens (tertiary/aromatic N) is 1. The number of carbonyl (C=O) groups is 2. The zero-order valence-corrected chi connectivity index (χ0v) is 9.78. The molecule has 6 nitrogen and oxygen atoms in total. The number of ether oxygens (including phenoxy) is 1. The molecular formula is C11H18N2O4. The highest BCUT2D eigenvalue weighted by atomic mass is 16.5. The Morgan fingerprint density at radius 3 is 2.53 bits per heavy atom. The Hall–Kier alpha value is -1.30. The summed E-state index contributed by atoms with van der Waals surface area (Å²) in [5.74, 6) is -0.928. The van der Waals surface area contributed by atoms with Crippen LogP contribution in [0.15, 0.2) is 0 Å². The maximum absolute atomic E-state index is 12.0. The number of carbonyl (C=O) groups excluding carboxylic acids is 1. The molecule has 2 N–H and O–H groups in total. The molecule has 0 aromatic carbocycles. The van der Waals surface area contributed by atoms with Gasteiger partial charge in [0.15, 0.2) is 0 Å². The number of hydrogen-bond acceptors (Lipinski definition) is 3. The molecule has 96 valence electrons. The summed E-state index contributed by atoms with van der Waals surface area (Å²) in [4.78, 5) is 24.7. The first-order chi connectivity index (χ1) is 8.14. The highest BCUT2D eigenvalue weighted by Gasteiger charge is 2.46. The summed E-state index contributed by atoms with van der Waals surface area (Å²) in [6.45, 7) is 2.34. The zero-order valence-electron chi connectivity index (χ0n) is 9.78. The van der Waals surface area contributed by atoms with E-state index in [2.05, 4.69) is 5.32 Å². The third-order valence-corrected chi connectivity index (χ3v) is 3.47. The molecule has 0 bridgehead atoms. The number of carboxylic acid groups (broad SMARTS) is 1. The fourth-order valence-corrected chi connectivity index (χ4v) is 2.16. The molecule has 0 unspecified atom stereocenters. The summed E-state index contributed by atoms with van der Waals surface area (Å²) in [5.41, 5.74) is -1.02. The molecule has 6 heteroatoms. The minimum absolute atomic E-state index is 0.280. The van der Waals surface area contributed by atoms with Crippen molar-refractivity contribution in [1.29, 1.82) is 0 Å². The SMILES string of the molecule is O=C(NC1(C(=O)O)CCC1)N1CCCOCC1. The van der Waals surface area contributed by atoms with Crippen LogP contribution in [0.5, 0.6) is 0 Å². The molecule has 1 saturated heterocycles. The molecule has 0 aromatic heterocycles. The van der Waals surface area contributed by atoms with Crippen LogP contribution >= 0.6 is 0 Å². The minimum atomic E-state index is -1.02. The first-order valence-corrected chi connectivity index (χ1v) is 6.02. The van der Waals surface area contributed by atoms with E-state index in [9.17, 15) is 9.59 Å². The van der Waals surface area contributed by atoms with Gasteiger partial charge in [-0.05, 0) is 25.7 Å². The van der Waals surface area contributed by atoms with Gasteiger partial charge < -0.3 is 20.1 Å². The van der Waals surface area contributed by atoms with Gasteiger partial charge in [0.1, 0.15) is 5.54 Å². The molecule has 2 aliphatic rings. The second kappa shape index (κ2) is 4.91. The lowest BCUT2D eigenvalue weighted by molar-refractivity contribution is -0.148. The Morgan fingerprint density at radius 1 is 1.18 bits per heavy atom. The third kappa shape index (κ3) is 2.52. The van der Waals surface area contributed by atoms with Gasteiger partial charge in [-0.2, -0.15) is 0 Å². The summed E-state index contributed by atoms with van der Waals surface area (Å²) < 4.78 is 5.25. The van der Waals surface area contributed by atoms with Crippen LogP contribution < -0.4 is 5.32 Å². The zero-order chi connectivity index (χ0) is 12.3. The monoisotopic (exact) mass is 242 g/mol. The first kappa shape index (κ1) is 12.2. The second-order valence-electron chi connectivity index (χ2n) is 4.62. The van der Waals surface area contributed by atoms with Gasteiger partial charge in [0.25, 0.3) is 0 Å². The van der Waals surface area contributed by atoms with Crippen LogP contribution in [-0.2, 0) is 9.53 Å². The van der Waals surface area contributed by atoms with Gasteiger partial charge in [0.05, 0.1) is 6.61 Å². The Balaban J connectivity index is 1.93. The van der Waals surface area contributed by atoms with E-state index in [1.807, 2.05) is 0 Å². The van der Waals surface area contributed by atoms with Crippen molar-refractivity contribution in [2.45, 2.75) is 31.2 Å². The van der Waals surface area contributed by atoms with Crippen molar-refractivity contribution in [2.75, 3.05) is 26.3 Å². The lowest BCUT2D eigenvalue weighted by Gasteiger charge is -2.39. The van der Waals surface area contributed by atoms with E-state index in [0.717, 1.165) is 12.8 Å². The van der Waals surface area contributed by atoms with Crippen molar-refractivity contribution < 1.29 is 19.4 Å². The van der Waals surface area contributed by atoms with E-state index < -0.39 is 11.5 Å². The minimum Gasteiger partial charge on any atom is -0.480 e. The van der Waals surface area contributed by atoms with Crippen molar-refractivity contribution in [3.8, 4) is 0 Å². The molecule has 2 rings (SSSR count). The second-order valence-corrected chi connectivity index (χ2v) is 4.62. The number of amides is 2. The largest absolute Gasteiger partial charge is 0.480 e.